The number of aromatic nitrogens is 3. The number of hydrogen-bond donors (Lipinski definition) is 1. The van der Waals surface area contributed by atoms with Crippen LogP contribution in [-0.2, 0) is 30.6 Å². The van der Waals surface area contributed by atoms with Crippen LogP contribution >= 0.6 is 11.8 Å². The van der Waals surface area contributed by atoms with Gasteiger partial charge in [0.05, 0.1) is 13.0 Å². The summed E-state index contributed by atoms with van der Waals surface area (Å²) in [5.74, 6) is 0.826. The lowest BCUT2D eigenvalue weighted by Gasteiger charge is -2.07. The molecule has 1 amide bonds. The molecule has 0 radical (unpaired) electrons. The zero-order chi connectivity index (χ0) is 18.4. The molecule has 0 unspecified atom stereocenters. The molecule has 1 N–H and O–H groups in total. The molecule has 3 aromatic rings. The van der Waals surface area contributed by atoms with Gasteiger partial charge in [0.15, 0.2) is 11.0 Å². The van der Waals surface area contributed by atoms with E-state index in [1.54, 1.807) is 30.0 Å². The summed E-state index contributed by atoms with van der Waals surface area (Å²) in [4.78, 5) is 12.0. The van der Waals surface area contributed by atoms with E-state index in [1.807, 2.05) is 29.8 Å². The summed E-state index contributed by atoms with van der Waals surface area (Å²) in [5, 5.41) is 11.8. The Kier molecular flexibility index (Phi) is 6.01. The SMILES string of the molecule is Cn1c(CNC(=O)Cc2ccccc2F)nnc1SCc1ccccc1. The zero-order valence-electron chi connectivity index (χ0n) is 14.4. The van der Waals surface area contributed by atoms with Crippen molar-refractivity contribution in [1.29, 1.82) is 0 Å². The fraction of sp³-hybridized carbons (Fsp3) is 0.211. The third-order valence-electron chi connectivity index (χ3n) is 3.89. The summed E-state index contributed by atoms with van der Waals surface area (Å²) in [6, 6.07) is 16.4. The Balaban J connectivity index is 1.53. The molecule has 0 saturated carbocycles. The molecule has 0 saturated heterocycles. The van der Waals surface area contributed by atoms with E-state index >= 15 is 0 Å². The van der Waals surface area contributed by atoms with Gasteiger partial charge >= 0.3 is 0 Å². The lowest BCUT2D eigenvalue weighted by Crippen LogP contribution is -2.26. The van der Waals surface area contributed by atoms with E-state index in [1.165, 1.54) is 11.6 Å². The molecular weight excluding hydrogens is 351 g/mol. The van der Waals surface area contributed by atoms with Gasteiger partial charge < -0.3 is 9.88 Å². The molecule has 2 aromatic carbocycles. The molecule has 0 aliphatic heterocycles. The van der Waals surface area contributed by atoms with Crippen molar-refractivity contribution in [1.82, 2.24) is 20.1 Å². The van der Waals surface area contributed by atoms with Gasteiger partial charge in [0.1, 0.15) is 5.82 Å². The summed E-state index contributed by atoms with van der Waals surface area (Å²) in [7, 11) is 1.87. The number of amides is 1. The highest BCUT2D eigenvalue weighted by Gasteiger charge is 2.12. The van der Waals surface area contributed by atoms with Crippen molar-refractivity contribution >= 4 is 17.7 Å². The number of carbonyl (C=O) groups is 1. The first-order valence-corrected chi connectivity index (χ1v) is 9.17. The van der Waals surface area contributed by atoms with E-state index in [0.29, 0.717) is 11.4 Å². The lowest BCUT2D eigenvalue weighted by atomic mass is 10.1. The first-order chi connectivity index (χ1) is 12.6. The molecule has 1 heterocycles. The number of hydrogen-bond acceptors (Lipinski definition) is 4. The second-order valence-electron chi connectivity index (χ2n) is 5.78. The molecule has 134 valence electrons. The molecule has 1 aromatic heterocycles. The van der Waals surface area contributed by atoms with Gasteiger partial charge in [-0.1, -0.05) is 60.3 Å². The van der Waals surface area contributed by atoms with E-state index in [-0.39, 0.29) is 24.7 Å². The van der Waals surface area contributed by atoms with Gasteiger partial charge in [-0.05, 0) is 17.2 Å². The quantitative estimate of drug-likeness (QED) is 0.649. The van der Waals surface area contributed by atoms with Gasteiger partial charge in [-0.15, -0.1) is 10.2 Å². The second-order valence-corrected chi connectivity index (χ2v) is 6.72. The van der Waals surface area contributed by atoms with Crippen molar-refractivity contribution in [2.45, 2.75) is 23.9 Å². The number of thioether (sulfide) groups is 1. The van der Waals surface area contributed by atoms with Crippen molar-refractivity contribution < 1.29 is 9.18 Å². The number of benzene rings is 2. The van der Waals surface area contributed by atoms with Gasteiger partial charge in [0.25, 0.3) is 0 Å². The van der Waals surface area contributed by atoms with Crippen LogP contribution in [0.25, 0.3) is 0 Å². The van der Waals surface area contributed by atoms with E-state index in [2.05, 4.69) is 27.6 Å². The Morgan fingerprint density at radius 1 is 1.12 bits per heavy atom. The monoisotopic (exact) mass is 370 g/mol. The molecule has 3 rings (SSSR count). The Morgan fingerprint density at radius 2 is 1.85 bits per heavy atom. The minimum Gasteiger partial charge on any atom is -0.349 e. The molecule has 0 bridgehead atoms. The molecule has 0 fully saturated rings. The topological polar surface area (TPSA) is 59.8 Å². The number of nitrogens with one attached hydrogen (secondary N) is 1. The van der Waals surface area contributed by atoms with Crippen LogP contribution in [0.4, 0.5) is 4.39 Å². The number of carbonyl (C=O) groups excluding carboxylic acids is 1. The average Bonchev–Trinajstić information content (AvgIpc) is 3.01. The normalized spacial score (nSPS) is 10.7. The first-order valence-electron chi connectivity index (χ1n) is 8.18. The molecule has 0 aliphatic rings. The number of halogens is 1. The van der Waals surface area contributed by atoms with E-state index < -0.39 is 0 Å². The van der Waals surface area contributed by atoms with Crippen LogP contribution < -0.4 is 5.32 Å². The maximum absolute atomic E-state index is 13.6. The van der Waals surface area contributed by atoms with E-state index in [0.717, 1.165) is 10.9 Å². The van der Waals surface area contributed by atoms with Crippen LogP contribution in [0.15, 0.2) is 59.8 Å². The van der Waals surface area contributed by atoms with Gasteiger partial charge in [0.2, 0.25) is 5.91 Å². The molecule has 5 nitrogen and oxygen atoms in total. The first kappa shape index (κ1) is 18.1. The van der Waals surface area contributed by atoms with Gasteiger partial charge in [-0.3, -0.25) is 4.79 Å². The zero-order valence-corrected chi connectivity index (χ0v) is 15.2. The average molecular weight is 370 g/mol. The van der Waals surface area contributed by atoms with Crippen LogP contribution in [0.3, 0.4) is 0 Å². The lowest BCUT2D eigenvalue weighted by molar-refractivity contribution is -0.120. The molecule has 0 spiro atoms. The summed E-state index contributed by atoms with van der Waals surface area (Å²) in [5.41, 5.74) is 1.59. The Morgan fingerprint density at radius 3 is 2.62 bits per heavy atom. The smallest absolute Gasteiger partial charge is 0.224 e. The predicted molar refractivity (Wildman–Crippen MR) is 99.0 cm³/mol. The summed E-state index contributed by atoms with van der Waals surface area (Å²) >= 11 is 1.59. The maximum atomic E-state index is 13.6. The van der Waals surface area contributed by atoms with Crippen molar-refractivity contribution in [2.24, 2.45) is 7.05 Å². The fourth-order valence-electron chi connectivity index (χ4n) is 2.40. The molecular formula is C19H19FN4OS. The molecule has 26 heavy (non-hydrogen) atoms. The van der Waals surface area contributed by atoms with E-state index in [4.69, 9.17) is 0 Å². The van der Waals surface area contributed by atoms with Crippen LogP contribution in [0.1, 0.15) is 17.0 Å². The van der Waals surface area contributed by atoms with Crippen molar-refractivity contribution in [3.63, 3.8) is 0 Å². The maximum Gasteiger partial charge on any atom is 0.224 e. The molecule has 0 aliphatic carbocycles. The third kappa shape index (κ3) is 4.70. The van der Waals surface area contributed by atoms with Crippen LogP contribution in [-0.4, -0.2) is 20.7 Å². The largest absolute Gasteiger partial charge is 0.349 e. The third-order valence-corrected chi connectivity index (χ3v) is 4.98. The van der Waals surface area contributed by atoms with Crippen LogP contribution in [0.2, 0.25) is 0 Å². The van der Waals surface area contributed by atoms with Gasteiger partial charge in [-0.2, -0.15) is 0 Å². The molecule has 7 heteroatoms. The summed E-state index contributed by atoms with van der Waals surface area (Å²) in [6.45, 7) is 0.253. The highest BCUT2D eigenvalue weighted by molar-refractivity contribution is 7.98. The van der Waals surface area contributed by atoms with Gasteiger partial charge in [-0.25, -0.2) is 4.39 Å². The summed E-state index contributed by atoms with van der Waals surface area (Å²) in [6.07, 6.45) is 0.000138. The van der Waals surface area contributed by atoms with E-state index in [9.17, 15) is 9.18 Å². The fourth-order valence-corrected chi connectivity index (χ4v) is 3.29. The Labute approximate surface area is 155 Å². The Hall–Kier alpha value is -2.67. The molecule has 0 atom stereocenters. The van der Waals surface area contributed by atoms with Gasteiger partial charge in [0, 0.05) is 12.8 Å². The van der Waals surface area contributed by atoms with Crippen LogP contribution in [0, 0.1) is 5.82 Å². The summed E-state index contributed by atoms with van der Waals surface area (Å²) < 4.78 is 15.5. The van der Waals surface area contributed by atoms with Crippen molar-refractivity contribution in [2.75, 3.05) is 0 Å². The standard InChI is InChI=1S/C19H19FN4OS/c1-24-17(12-21-18(25)11-15-9-5-6-10-16(15)20)22-23-19(24)26-13-14-7-3-2-4-8-14/h2-10H,11-13H2,1H3,(H,21,25). The number of rotatable bonds is 7. The predicted octanol–water partition coefficient (Wildman–Crippen LogP) is 3.11. The van der Waals surface area contributed by atoms with Crippen molar-refractivity contribution in [3.05, 3.63) is 77.4 Å². The highest BCUT2D eigenvalue weighted by atomic mass is 32.2. The Bertz CT molecular complexity index is 882. The minimum atomic E-state index is -0.374. The number of nitrogens with zero attached hydrogens (tertiary/aromatic N) is 3. The second kappa shape index (κ2) is 8.62. The highest BCUT2D eigenvalue weighted by Crippen LogP contribution is 2.20. The minimum absolute atomic E-state index is 0.000138. The van der Waals surface area contributed by atoms with Crippen LogP contribution in [0.5, 0.6) is 0 Å². The van der Waals surface area contributed by atoms with Crippen molar-refractivity contribution in [3.8, 4) is 0 Å².